The van der Waals surface area contributed by atoms with E-state index in [1.165, 1.54) is 0 Å². The van der Waals surface area contributed by atoms with Gasteiger partial charge in [0.05, 0.1) is 0 Å². The zero-order valence-corrected chi connectivity index (χ0v) is 13.1. The van der Waals surface area contributed by atoms with Gasteiger partial charge >= 0.3 is 0 Å². The Morgan fingerprint density at radius 3 is 2.64 bits per heavy atom. The number of nitrogens with one attached hydrogen (secondary N) is 1. The summed E-state index contributed by atoms with van der Waals surface area (Å²) in [5.41, 5.74) is 2.77. The third-order valence-corrected chi connectivity index (χ3v) is 3.12. The van der Waals surface area contributed by atoms with Crippen molar-refractivity contribution >= 4 is 24.1 Å². The number of hydrogen-bond acceptors (Lipinski definition) is 4. The van der Waals surface area contributed by atoms with E-state index >= 15 is 0 Å². The molecule has 1 N–H and O–H groups in total. The van der Waals surface area contributed by atoms with Gasteiger partial charge in [0.2, 0.25) is 5.82 Å². The van der Waals surface area contributed by atoms with Crippen molar-refractivity contribution in [2.75, 3.05) is 0 Å². The molecule has 0 bridgehead atoms. The Morgan fingerprint density at radius 2 is 1.91 bits per heavy atom. The van der Waals surface area contributed by atoms with Crippen LogP contribution in [0.3, 0.4) is 0 Å². The van der Waals surface area contributed by atoms with E-state index in [0.717, 1.165) is 17.0 Å². The lowest BCUT2D eigenvalue weighted by Crippen LogP contribution is -2.24. The van der Waals surface area contributed by atoms with Crippen LogP contribution >= 0.6 is 12.4 Å². The Morgan fingerprint density at radius 1 is 1.18 bits per heavy atom. The molecular formula is C15H16ClN5O. The second-order valence-corrected chi connectivity index (χ2v) is 4.85. The second kappa shape index (κ2) is 6.53. The van der Waals surface area contributed by atoms with Crippen LogP contribution in [0.15, 0.2) is 36.4 Å². The molecule has 2 heterocycles. The molecular weight excluding hydrogens is 302 g/mol. The highest BCUT2D eigenvalue weighted by molar-refractivity contribution is 5.90. The number of carbonyl (C=O) groups is 1. The molecule has 0 aliphatic carbocycles. The number of carbonyl (C=O) groups excluding carboxylic acids is 1. The molecule has 0 spiro atoms. The van der Waals surface area contributed by atoms with E-state index in [0.29, 0.717) is 12.3 Å². The molecule has 1 aromatic carbocycles. The molecule has 3 rings (SSSR count). The number of hydrogen-bond donors (Lipinski definition) is 1. The third-order valence-electron chi connectivity index (χ3n) is 3.12. The van der Waals surface area contributed by atoms with Crippen LogP contribution in [0.1, 0.15) is 27.6 Å². The standard InChI is InChI=1S/C15H15N5O.ClH/c1-10-8-11(2)20-15(17-10)18-13(19-20)14(21)16-9-12-6-4-3-5-7-12;/h3-8H,9H2,1-2H3,(H,16,21);1H. The van der Waals surface area contributed by atoms with E-state index in [9.17, 15) is 4.79 Å². The van der Waals surface area contributed by atoms with Gasteiger partial charge in [0.15, 0.2) is 0 Å². The predicted octanol–water partition coefficient (Wildman–Crippen LogP) is 2.09. The Labute approximate surface area is 134 Å². The number of benzene rings is 1. The number of halogens is 1. The molecule has 0 unspecified atom stereocenters. The quantitative estimate of drug-likeness (QED) is 0.803. The van der Waals surface area contributed by atoms with Gasteiger partial charge < -0.3 is 5.32 Å². The zero-order chi connectivity index (χ0) is 14.8. The lowest BCUT2D eigenvalue weighted by atomic mass is 10.2. The fourth-order valence-corrected chi connectivity index (χ4v) is 2.12. The van der Waals surface area contributed by atoms with Crippen molar-refractivity contribution in [1.82, 2.24) is 24.9 Å². The summed E-state index contributed by atoms with van der Waals surface area (Å²) >= 11 is 0. The Kier molecular flexibility index (Phi) is 4.72. The summed E-state index contributed by atoms with van der Waals surface area (Å²) < 4.78 is 1.57. The molecule has 0 saturated heterocycles. The van der Waals surface area contributed by atoms with Crippen molar-refractivity contribution in [3.8, 4) is 0 Å². The van der Waals surface area contributed by atoms with E-state index in [1.54, 1.807) is 4.52 Å². The Bertz CT molecular complexity index is 800. The maximum atomic E-state index is 12.1. The van der Waals surface area contributed by atoms with Gasteiger partial charge in [0.25, 0.3) is 11.7 Å². The van der Waals surface area contributed by atoms with Crippen LogP contribution in [0.25, 0.3) is 5.78 Å². The van der Waals surface area contributed by atoms with Gasteiger partial charge in [-0.25, -0.2) is 9.50 Å². The lowest BCUT2D eigenvalue weighted by Gasteiger charge is -2.01. The number of rotatable bonds is 3. The largest absolute Gasteiger partial charge is 0.345 e. The summed E-state index contributed by atoms with van der Waals surface area (Å²) in [7, 11) is 0. The van der Waals surface area contributed by atoms with Crippen LogP contribution in [0, 0.1) is 13.8 Å². The number of fused-ring (bicyclic) bond motifs is 1. The molecule has 22 heavy (non-hydrogen) atoms. The van der Waals surface area contributed by atoms with Crippen LogP contribution in [-0.2, 0) is 6.54 Å². The van der Waals surface area contributed by atoms with Crippen LogP contribution in [0.4, 0.5) is 0 Å². The highest BCUT2D eigenvalue weighted by Gasteiger charge is 2.14. The molecule has 6 nitrogen and oxygen atoms in total. The van der Waals surface area contributed by atoms with Crippen molar-refractivity contribution in [1.29, 1.82) is 0 Å². The summed E-state index contributed by atoms with van der Waals surface area (Å²) in [5, 5.41) is 7.00. The highest BCUT2D eigenvalue weighted by Crippen LogP contribution is 2.05. The van der Waals surface area contributed by atoms with Gasteiger partial charge in [0, 0.05) is 17.9 Å². The van der Waals surface area contributed by atoms with Gasteiger partial charge in [-0.3, -0.25) is 4.79 Å². The average molecular weight is 318 g/mol. The van der Waals surface area contributed by atoms with Crippen LogP contribution in [-0.4, -0.2) is 25.5 Å². The van der Waals surface area contributed by atoms with Crippen molar-refractivity contribution in [2.45, 2.75) is 20.4 Å². The first kappa shape index (κ1) is 15.9. The van der Waals surface area contributed by atoms with E-state index < -0.39 is 0 Å². The summed E-state index contributed by atoms with van der Waals surface area (Å²) in [6.07, 6.45) is 0. The molecule has 0 radical (unpaired) electrons. The first-order valence-electron chi connectivity index (χ1n) is 6.66. The fourth-order valence-electron chi connectivity index (χ4n) is 2.12. The lowest BCUT2D eigenvalue weighted by molar-refractivity contribution is 0.0940. The molecule has 0 fully saturated rings. The van der Waals surface area contributed by atoms with Crippen molar-refractivity contribution in [3.05, 3.63) is 59.2 Å². The summed E-state index contributed by atoms with van der Waals surface area (Å²) in [5.74, 6) is 0.269. The number of nitrogens with zero attached hydrogens (tertiary/aromatic N) is 4. The van der Waals surface area contributed by atoms with Gasteiger partial charge in [0.1, 0.15) is 0 Å². The van der Waals surface area contributed by atoms with E-state index in [2.05, 4.69) is 20.4 Å². The molecule has 0 saturated carbocycles. The van der Waals surface area contributed by atoms with Crippen molar-refractivity contribution < 1.29 is 4.79 Å². The number of aryl methyl sites for hydroxylation is 2. The third kappa shape index (κ3) is 3.23. The summed E-state index contributed by atoms with van der Waals surface area (Å²) in [6, 6.07) is 11.6. The first-order valence-corrected chi connectivity index (χ1v) is 6.66. The average Bonchev–Trinajstić information content (AvgIpc) is 2.90. The normalized spacial score (nSPS) is 10.3. The minimum atomic E-state index is -0.304. The zero-order valence-electron chi connectivity index (χ0n) is 12.3. The van der Waals surface area contributed by atoms with E-state index in [4.69, 9.17) is 0 Å². The molecule has 0 atom stereocenters. The highest BCUT2D eigenvalue weighted by atomic mass is 35.5. The number of aromatic nitrogens is 4. The number of amides is 1. The van der Waals surface area contributed by atoms with Crippen molar-refractivity contribution in [3.63, 3.8) is 0 Å². The van der Waals surface area contributed by atoms with Crippen LogP contribution in [0.2, 0.25) is 0 Å². The maximum absolute atomic E-state index is 12.1. The molecule has 114 valence electrons. The Balaban J connectivity index is 0.00000176. The summed E-state index contributed by atoms with van der Waals surface area (Å²) in [6.45, 7) is 4.24. The minimum absolute atomic E-state index is 0. The molecule has 0 aliphatic rings. The van der Waals surface area contributed by atoms with Gasteiger partial charge in [-0.05, 0) is 25.5 Å². The van der Waals surface area contributed by atoms with Crippen LogP contribution < -0.4 is 5.32 Å². The van der Waals surface area contributed by atoms with E-state index in [-0.39, 0.29) is 24.1 Å². The maximum Gasteiger partial charge on any atom is 0.291 e. The fraction of sp³-hybridized carbons (Fsp3) is 0.200. The van der Waals surface area contributed by atoms with E-state index in [1.807, 2.05) is 50.2 Å². The van der Waals surface area contributed by atoms with Gasteiger partial charge in [-0.15, -0.1) is 17.5 Å². The first-order chi connectivity index (χ1) is 10.1. The topological polar surface area (TPSA) is 72.2 Å². The molecule has 3 aromatic rings. The molecule has 7 heteroatoms. The van der Waals surface area contributed by atoms with Crippen LogP contribution in [0.5, 0.6) is 0 Å². The van der Waals surface area contributed by atoms with Gasteiger partial charge in [-0.1, -0.05) is 30.3 Å². The minimum Gasteiger partial charge on any atom is -0.345 e. The van der Waals surface area contributed by atoms with Gasteiger partial charge in [-0.2, -0.15) is 4.98 Å². The molecule has 0 aliphatic heterocycles. The summed E-state index contributed by atoms with van der Waals surface area (Å²) in [4.78, 5) is 20.5. The smallest absolute Gasteiger partial charge is 0.291 e. The molecule has 2 aromatic heterocycles. The second-order valence-electron chi connectivity index (χ2n) is 4.85. The monoisotopic (exact) mass is 317 g/mol. The predicted molar refractivity (Wildman–Crippen MR) is 85.1 cm³/mol. The molecule has 1 amide bonds. The Hall–Kier alpha value is -2.47. The SMILES string of the molecule is Cc1cc(C)n2nc(C(=O)NCc3ccccc3)nc2n1.Cl. The van der Waals surface area contributed by atoms with Crippen molar-refractivity contribution in [2.24, 2.45) is 0 Å².